The number of aliphatic hydroxyl groups excluding tert-OH is 1. The van der Waals surface area contributed by atoms with Gasteiger partial charge in [0, 0.05) is 11.3 Å². The largest absolute Gasteiger partial charge is 0.394 e. The summed E-state index contributed by atoms with van der Waals surface area (Å²) in [6, 6.07) is 16.0. The van der Waals surface area contributed by atoms with Crippen molar-refractivity contribution >= 4 is 11.7 Å². The average molecular weight is 294 g/mol. The van der Waals surface area contributed by atoms with Gasteiger partial charge in [0.15, 0.2) is 0 Å². The molecule has 0 heterocycles. The number of carbonyl (C=O) groups excluding carboxylic acids is 1. The lowest BCUT2D eigenvalue weighted by Crippen LogP contribution is -2.41. The summed E-state index contributed by atoms with van der Waals surface area (Å²) in [6.45, 7) is -0.132. The number of carbonyl (C=O) groups is 1. The van der Waals surface area contributed by atoms with Crippen molar-refractivity contribution in [2.45, 2.75) is 12.5 Å². The zero-order valence-corrected chi connectivity index (χ0v) is 12.1. The lowest BCUT2D eigenvalue weighted by Gasteiger charge is -2.17. The molecule has 0 spiro atoms. The molecule has 0 saturated heterocycles. The zero-order valence-electron chi connectivity index (χ0n) is 12.1. The van der Waals surface area contributed by atoms with Gasteiger partial charge in [-0.3, -0.25) is 0 Å². The van der Waals surface area contributed by atoms with Crippen molar-refractivity contribution < 1.29 is 9.90 Å². The molecule has 0 unspecified atom stereocenters. The van der Waals surface area contributed by atoms with Crippen LogP contribution in [-0.2, 0) is 6.42 Å². The Morgan fingerprint density at radius 3 is 2.64 bits per heavy atom. The smallest absolute Gasteiger partial charge is 0.319 e. The van der Waals surface area contributed by atoms with Crippen molar-refractivity contribution in [2.24, 2.45) is 0 Å². The number of nitrogens with one attached hydrogen (secondary N) is 2. The van der Waals surface area contributed by atoms with E-state index in [1.807, 2.05) is 30.3 Å². The fourth-order valence-electron chi connectivity index (χ4n) is 2.10. The third-order valence-electron chi connectivity index (χ3n) is 3.17. The summed E-state index contributed by atoms with van der Waals surface area (Å²) < 4.78 is 0. The lowest BCUT2D eigenvalue weighted by atomic mass is 10.1. The molecule has 0 aromatic heterocycles. The summed E-state index contributed by atoms with van der Waals surface area (Å²) >= 11 is 0. The van der Waals surface area contributed by atoms with E-state index in [2.05, 4.69) is 16.6 Å². The van der Waals surface area contributed by atoms with Gasteiger partial charge in [-0.15, -0.1) is 6.42 Å². The Kier molecular flexibility index (Phi) is 5.58. The quantitative estimate of drug-likeness (QED) is 0.742. The van der Waals surface area contributed by atoms with Gasteiger partial charge in [-0.25, -0.2) is 4.79 Å². The van der Waals surface area contributed by atoms with Gasteiger partial charge in [0.2, 0.25) is 0 Å². The first-order chi connectivity index (χ1) is 10.7. The molecule has 0 radical (unpaired) electrons. The predicted molar refractivity (Wildman–Crippen MR) is 87.6 cm³/mol. The van der Waals surface area contributed by atoms with Crippen LogP contribution < -0.4 is 10.6 Å². The molecule has 4 nitrogen and oxygen atoms in total. The second-order valence-electron chi connectivity index (χ2n) is 4.89. The van der Waals surface area contributed by atoms with Crippen LogP contribution in [0.1, 0.15) is 11.1 Å². The molecule has 0 saturated carbocycles. The molecule has 0 fully saturated rings. The van der Waals surface area contributed by atoms with Gasteiger partial charge in [-0.05, 0) is 30.2 Å². The van der Waals surface area contributed by atoms with E-state index >= 15 is 0 Å². The Bertz CT molecular complexity index is 662. The number of urea groups is 1. The fourth-order valence-corrected chi connectivity index (χ4v) is 2.10. The van der Waals surface area contributed by atoms with Crippen LogP contribution in [-0.4, -0.2) is 23.8 Å². The number of hydrogen-bond acceptors (Lipinski definition) is 2. The van der Waals surface area contributed by atoms with Gasteiger partial charge in [-0.1, -0.05) is 42.3 Å². The van der Waals surface area contributed by atoms with Gasteiger partial charge >= 0.3 is 6.03 Å². The van der Waals surface area contributed by atoms with E-state index in [0.29, 0.717) is 17.7 Å². The molecule has 2 rings (SSSR count). The molecule has 4 heteroatoms. The molecule has 0 aliphatic rings. The van der Waals surface area contributed by atoms with Gasteiger partial charge in [0.25, 0.3) is 0 Å². The third-order valence-corrected chi connectivity index (χ3v) is 3.17. The summed E-state index contributed by atoms with van der Waals surface area (Å²) in [4.78, 5) is 12.0. The average Bonchev–Trinajstić information content (AvgIpc) is 2.55. The predicted octanol–water partition coefficient (Wildman–Crippen LogP) is 2.39. The van der Waals surface area contributed by atoms with Crippen LogP contribution >= 0.6 is 0 Å². The van der Waals surface area contributed by atoms with Gasteiger partial charge < -0.3 is 15.7 Å². The minimum atomic E-state index is -0.371. The Morgan fingerprint density at radius 2 is 1.95 bits per heavy atom. The van der Waals surface area contributed by atoms with Crippen LogP contribution in [0, 0.1) is 12.3 Å². The molecule has 0 aliphatic carbocycles. The SMILES string of the molecule is C#Cc1cccc(NC(=O)N[C@@H](CO)Cc2ccccc2)c1. The van der Waals surface area contributed by atoms with E-state index in [-0.39, 0.29) is 18.7 Å². The summed E-state index contributed by atoms with van der Waals surface area (Å²) in [5, 5.41) is 14.9. The second kappa shape index (κ2) is 7.87. The van der Waals surface area contributed by atoms with Gasteiger partial charge in [0.05, 0.1) is 12.6 Å². The van der Waals surface area contributed by atoms with Crippen molar-refractivity contribution in [3.05, 3.63) is 65.7 Å². The Labute approximate surface area is 130 Å². The van der Waals surface area contributed by atoms with Gasteiger partial charge in [-0.2, -0.15) is 0 Å². The van der Waals surface area contributed by atoms with E-state index in [1.54, 1.807) is 24.3 Å². The molecule has 2 aromatic rings. The lowest BCUT2D eigenvalue weighted by molar-refractivity contribution is 0.224. The summed E-state index contributed by atoms with van der Waals surface area (Å²) in [5.74, 6) is 2.51. The fraction of sp³-hybridized carbons (Fsp3) is 0.167. The summed E-state index contributed by atoms with van der Waals surface area (Å²) in [5.41, 5.74) is 2.36. The number of anilines is 1. The van der Waals surface area contributed by atoms with Crippen LogP contribution in [0.5, 0.6) is 0 Å². The molecule has 112 valence electrons. The standard InChI is InChI=1S/C18H18N2O2/c1-2-14-9-6-10-16(11-14)19-18(22)20-17(13-21)12-15-7-4-3-5-8-15/h1,3-11,17,21H,12-13H2,(H2,19,20,22)/t17-/m1/s1. The number of hydrogen-bond donors (Lipinski definition) is 3. The molecule has 2 aromatic carbocycles. The van der Waals surface area contributed by atoms with Crippen LogP contribution in [0.15, 0.2) is 54.6 Å². The monoisotopic (exact) mass is 294 g/mol. The zero-order chi connectivity index (χ0) is 15.8. The second-order valence-corrected chi connectivity index (χ2v) is 4.89. The molecular weight excluding hydrogens is 276 g/mol. The Hall–Kier alpha value is -2.77. The van der Waals surface area contributed by atoms with Crippen molar-refractivity contribution in [1.82, 2.24) is 5.32 Å². The maximum Gasteiger partial charge on any atom is 0.319 e. The molecule has 22 heavy (non-hydrogen) atoms. The van der Waals surface area contributed by atoms with Gasteiger partial charge in [0.1, 0.15) is 0 Å². The molecule has 3 N–H and O–H groups in total. The van der Waals surface area contributed by atoms with Crippen molar-refractivity contribution in [3.63, 3.8) is 0 Å². The van der Waals surface area contributed by atoms with Crippen molar-refractivity contribution in [3.8, 4) is 12.3 Å². The number of amides is 2. The minimum Gasteiger partial charge on any atom is -0.394 e. The minimum absolute atomic E-state index is 0.132. The molecule has 0 bridgehead atoms. The number of rotatable bonds is 5. The molecular formula is C18H18N2O2. The highest BCUT2D eigenvalue weighted by atomic mass is 16.3. The first-order valence-electron chi connectivity index (χ1n) is 7.00. The van der Waals surface area contributed by atoms with Crippen LogP contribution in [0.2, 0.25) is 0 Å². The van der Waals surface area contributed by atoms with E-state index in [4.69, 9.17) is 6.42 Å². The topological polar surface area (TPSA) is 61.4 Å². The Balaban J connectivity index is 1.93. The third kappa shape index (κ3) is 4.65. The Morgan fingerprint density at radius 1 is 1.18 bits per heavy atom. The van der Waals surface area contributed by atoms with Crippen molar-refractivity contribution in [2.75, 3.05) is 11.9 Å². The highest BCUT2D eigenvalue weighted by Gasteiger charge is 2.12. The van der Waals surface area contributed by atoms with Crippen LogP contribution in [0.4, 0.5) is 10.5 Å². The number of benzene rings is 2. The number of aliphatic hydroxyl groups is 1. The van der Waals surface area contributed by atoms with Crippen LogP contribution in [0.25, 0.3) is 0 Å². The molecule has 0 aliphatic heterocycles. The van der Waals surface area contributed by atoms with E-state index < -0.39 is 0 Å². The number of terminal acetylenes is 1. The maximum atomic E-state index is 12.0. The summed E-state index contributed by atoms with van der Waals surface area (Å²) in [6.07, 6.45) is 5.89. The molecule has 2 amide bonds. The van der Waals surface area contributed by atoms with Crippen molar-refractivity contribution in [1.29, 1.82) is 0 Å². The highest BCUT2D eigenvalue weighted by Crippen LogP contribution is 2.10. The van der Waals surface area contributed by atoms with Crippen LogP contribution in [0.3, 0.4) is 0 Å². The van der Waals surface area contributed by atoms with E-state index in [0.717, 1.165) is 5.56 Å². The maximum absolute atomic E-state index is 12.0. The van der Waals surface area contributed by atoms with E-state index in [9.17, 15) is 9.90 Å². The summed E-state index contributed by atoms with van der Waals surface area (Å²) in [7, 11) is 0. The first-order valence-corrected chi connectivity index (χ1v) is 7.00. The van der Waals surface area contributed by atoms with E-state index in [1.165, 1.54) is 0 Å². The normalized spacial score (nSPS) is 11.3. The molecule has 1 atom stereocenters. The first kappa shape index (κ1) is 15.6. The highest BCUT2D eigenvalue weighted by molar-refractivity contribution is 5.89.